The number of aromatic nitrogens is 4. The molecule has 2 N–H and O–H groups in total. The summed E-state index contributed by atoms with van der Waals surface area (Å²) in [6.07, 6.45) is 2.83. The lowest BCUT2D eigenvalue weighted by atomic mass is 10.1. The van der Waals surface area contributed by atoms with E-state index in [4.69, 9.17) is 0 Å². The maximum Gasteiger partial charge on any atom is 0.265 e. The summed E-state index contributed by atoms with van der Waals surface area (Å²) >= 11 is 0. The molecule has 0 amide bonds. The number of aliphatic imine (C=N–C) groups is 1. The van der Waals surface area contributed by atoms with Crippen molar-refractivity contribution in [1.29, 1.82) is 0 Å². The van der Waals surface area contributed by atoms with Crippen molar-refractivity contribution < 1.29 is 5.11 Å². The first-order valence-corrected chi connectivity index (χ1v) is 8.40. The zero-order valence-corrected chi connectivity index (χ0v) is 14.8. The molecule has 134 valence electrons. The third-order valence-electron chi connectivity index (χ3n) is 4.57. The Bertz CT molecular complexity index is 1220. The highest BCUT2D eigenvalue weighted by molar-refractivity contribution is 6.02. The van der Waals surface area contributed by atoms with Crippen molar-refractivity contribution >= 4 is 22.9 Å². The fraction of sp³-hybridized carbons (Fsp3) is 0.100. The van der Waals surface area contributed by atoms with E-state index in [0.717, 1.165) is 11.1 Å². The van der Waals surface area contributed by atoms with Gasteiger partial charge in [-0.25, -0.2) is 14.7 Å². The molecule has 0 aliphatic heterocycles. The average molecular weight is 359 g/mol. The molecule has 4 rings (SSSR count). The van der Waals surface area contributed by atoms with Crippen LogP contribution in [0.4, 0.5) is 5.95 Å². The monoisotopic (exact) mass is 359 g/mol. The van der Waals surface area contributed by atoms with Gasteiger partial charge in [0.1, 0.15) is 6.33 Å². The predicted octanol–water partition coefficient (Wildman–Crippen LogP) is 3.18. The Morgan fingerprint density at radius 2 is 1.89 bits per heavy atom. The van der Waals surface area contributed by atoms with Crippen LogP contribution in [-0.4, -0.2) is 31.1 Å². The van der Waals surface area contributed by atoms with Crippen LogP contribution in [0.1, 0.15) is 16.7 Å². The van der Waals surface area contributed by atoms with Crippen LogP contribution in [0.2, 0.25) is 0 Å². The predicted molar refractivity (Wildman–Crippen MR) is 104 cm³/mol. The number of nitrogens with zero attached hydrogens (tertiary/aromatic N) is 4. The van der Waals surface area contributed by atoms with Gasteiger partial charge in [-0.1, -0.05) is 24.3 Å². The summed E-state index contributed by atoms with van der Waals surface area (Å²) < 4.78 is 1.30. The van der Waals surface area contributed by atoms with Gasteiger partial charge in [0, 0.05) is 17.0 Å². The van der Waals surface area contributed by atoms with Crippen molar-refractivity contribution in [2.45, 2.75) is 13.8 Å². The molecule has 0 spiro atoms. The first-order valence-electron chi connectivity index (χ1n) is 8.40. The molecule has 0 fully saturated rings. The molecule has 0 saturated heterocycles. The fourth-order valence-corrected chi connectivity index (χ4v) is 2.98. The summed E-state index contributed by atoms with van der Waals surface area (Å²) in [6, 6.07) is 12.7. The first-order chi connectivity index (χ1) is 13.1. The number of benzene rings is 2. The molecule has 0 atom stereocenters. The van der Waals surface area contributed by atoms with Crippen LogP contribution in [0.15, 0.2) is 58.6 Å². The van der Waals surface area contributed by atoms with Crippen LogP contribution in [0, 0.1) is 13.8 Å². The highest BCUT2D eigenvalue weighted by atomic mass is 16.3. The summed E-state index contributed by atoms with van der Waals surface area (Å²) in [5.41, 5.74) is 2.88. The number of nitrogens with one attached hydrogen (secondary N) is 1. The van der Waals surface area contributed by atoms with Gasteiger partial charge in [0.2, 0.25) is 11.8 Å². The molecular weight excluding hydrogens is 342 g/mol. The summed E-state index contributed by atoms with van der Waals surface area (Å²) in [7, 11) is 0. The van der Waals surface area contributed by atoms with Crippen LogP contribution in [0.3, 0.4) is 0 Å². The second-order valence-electron chi connectivity index (χ2n) is 6.26. The van der Waals surface area contributed by atoms with Gasteiger partial charge in [0.05, 0.1) is 11.3 Å². The molecule has 0 bridgehead atoms. The van der Waals surface area contributed by atoms with E-state index < -0.39 is 0 Å². The topological polar surface area (TPSA) is 96.2 Å². The van der Waals surface area contributed by atoms with Gasteiger partial charge in [-0.05, 0) is 43.2 Å². The first kappa shape index (κ1) is 16.7. The lowest BCUT2D eigenvalue weighted by molar-refractivity contribution is 0.436. The maximum absolute atomic E-state index is 13.1. The summed E-state index contributed by atoms with van der Waals surface area (Å²) in [4.78, 5) is 21.2. The van der Waals surface area contributed by atoms with E-state index in [1.54, 1.807) is 18.2 Å². The van der Waals surface area contributed by atoms with E-state index in [1.165, 1.54) is 17.1 Å². The van der Waals surface area contributed by atoms with Crippen molar-refractivity contribution in [2.75, 3.05) is 0 Å². The number of hydrogen-bond donors (Lipinski definition) is 2. The number of aromatic amines is 1. The standard InChI is InChI=1S/C20H17N5O2/c1-12-7-8-14(9-13(12)2)25-18(26)16-6-4-3-5-15(16)17(19(25)27)10-21-20-22-11-23-24-20/h3-11,27H,1-2H3,(H,22,23,24)/b21-10+. The SMILES string of the molecule is Cc1ccc(-n2c(O)c(/C=N/c3ncn[nH]3)c3ccccc3c2=O)cc1C. The third kappa shape index (κ3) is 2.89. The molecule has 0 unspecified atom stereocenters. The third-order valence-corrected chi connectivity index (χ3v) is 4.57. The Balaban J connectivity index is 2.02. The molecule has 2 heterocycles. The van der Waals surface area contributed by atoms with Gasteiger partial charge < -0.3 is 5.11 Å². The molecule has 2 aromatic heterocycles. The van der Waals surface area contributed by atoms with Crippen molar-refractivity contribution in [3.8, 4) is 11.6 Å². The summed E-state index contributed by atoms with van der Waals surface area (Å²) in [5.74, 6) is 0.132. The van der Waals surface area contributed by atoms with Crippen molar-refractivity contribution in [3.05, 3.63) is 75.8 Å². The smallest absolute Gasteiger partial charge is 0.265 e. The molecule has 7 heteroatoms. The van der Waals surface area contributed by atoms with Gasteiger partial charge in [-0.15, -0.1) is 0 Å². The Hall–Kier alpha value is -3.74. The number of aryl methyl sites for hydroxylation is 2. The fourth-order valence-electron chi connectivity index (χ4n) is 2.98. The second-order valence-corrected chi connectivity index (χ2v) is 6.26. The van der Waals surface area contributed by atoms with Gasteiger partial charge >= 0.3 is 0 Å². The van der Waals surface area contributed by atoms with Crippen molar-refractivity contribution in [3.63, 3.8) is 0 Å². The Kier molecular flexibility index (Phi) is 4.04. The Labute approximate surface area is 154 Å². The normalized spacial score (nSPS) is 11.5. The number of H-pyrrole nitrogens is 1. The van der Waals surface area contributed by atoms with Gasteiger partial charge in [0.25, 0.3) is 5.56 Å². The van der Waals surface area contributed by atoms with Crippen LogP contribution >= 0.6 is 0 Å². The Morgan fingerprint density at radius 1 is 1.11 bits per heavy atom. The molecule has 7 nitrogen and oxygen atoms in total. The van der Waals surface area contributed by atoms with Crippen LogP contribution in [0.5, 0.6) is 5.88 Å². The second kappa shape index (κ2) is 6.53. The zero-order valence-electron chi connectivity index (χ0n) is 14.8. The highest BCUT2D eigenvalue weighted by Crippen LogP contribution is 2.27. The average Bonchev–Trinajstić information content (AvgIpc) is 3.18. The van der Waals surface area contributed by atoms with Crippen LogP contribution in [-0.2, 0) is 0 Å². The molecule has 2 aromatic carbocycles. The molecule has 4 aromatic rings. The summed E-state index contributed by atoms with van der Waals surface area (Å²) in [5, 5.41) is 18.4. The van der Waals surface area contributed by atoms with E-state index in [-0.39, 0.29) is 11.4 Å². The molecule has 0 aliphatic carbocycles. The van der Waals surface area contributed by atoms with Crippen molar-refractivity contribution in [1.82, 2.24) is 19.7 Å². The minimum atomic E-state index is -0.289. The van der Waals surface area contributed by atoms with Crippen molar-refractivity contribution in [2.24, 2.45) is 4.99 Å². The van der Waals surface area contributed by atoms with Crippen LogP contribution < -0.4 is 5.56 Å². The number of pyridine rings is 1. The number of aromatic hydroxyl groups is 1. The van der Waals surface area contributed by atoms with Gasteiger partial charge in [-0.3, -0.25) is 4.79 Å². The van der Waals surface area contributed by atoms with Gasteiger partial charge in [-0.2, -0.15) is 10.1 Å². The van der Waals surface area contributed by atoms with E-state index in [0.29, 0.717) is 28.0 Å². The van der Waals surface area contributed by atoms with E-state index in [2.05, 4.69) is 20.2 Å². The van der Waals surface area contributed by atoms with Gasteiger partial charge in [0.15, 0.2) is 0 Å². The quantitative estimate of drug-likeness (QED) is 0.549. The lowest BCUT2D eigenvalue weighted by Crippen LogP contribution is -2.20. The van der Waals surface area contributed by atoms with E-state index in [9.17, 15) is 9.90 Å². The molecule has 0 saturated carbocycles. The molecule has 0 aliphatic rings. The molecule has 0 radical (unpaired) electrons. The lowest BCUT2D eigenvalue weighted by Gasteiger charge is -2.14. The number of hydrogen-bond acceptors (Lipinski definition) is 5. The summed E-state index contributed by atoms with van der Waals surface area (Å²) in [6.45, 7) is 3.96. The maximum atomic E-state index is 13.1. The Morgan fingerprint density at radius 3 is 2.59 bits per heavy atom. The zero-order chi connectivity index (χ0) is 19.0. The number of rotatable bonds is 3. The largest absolute Gasteiger partial charge is 0.494 e. The molecular formula is C20H17N5O2. The number of fused-ring (bicyclic) bond motifs is 1. The minimum Gasteiger partial charge on any atom is -0.494 e. The van der Waals surface area contributed by atoms with E-state index >= 15 is 0 Å². The highest BCUT2D eigenvalue weighted by Gasteiger charge is 2.16. The van der Waals surface area contributed by atoms with E-state index in [1.807, 2.05) is 38.1 Å². The molecule has 27 heavy (non-hydrogen) atoms. The van der Waals surface area contributed by atoms with Crippen LogP contribution in [0.25, 0.3) is 16.5 Å². The minimum absolute atomic E-state index is 0.176.